The van der Waals surface area contributed by atoms with Gasteiger partial charge in [-0.1, -0.05) is 25.5 Å². The molecule has 1 fully saturated rings. The van der Waals surface area contributed by atoms with Crippen molar-refractivity contribution in [3.63, 3.8) is 0 Å². The number of piperazine rings is 1. The molecule has 0 unspecified atom stereocenters. The van der Waals surface area contributed by atoms with E-state index >= 15 is 0 Å². The van der Waals surface area contributed by atoms with Crippen LogP contribution in [0.4, 0.5) is 0 Å². The molecule has 3 nitrogen and oxygen atoms in total. The van der Waals surface area contributed by atoms with Crippen molar-refractivity contribution in [1.82, 2.24) is 15.2 Å². The second-order valence-electron chi connectivity index (χ2n) is 5.38. The highest BCUT2D eigenvalue weighted by molar-refractivity contribution is 5.85. The van der Waals surface area contributed by atoms with E-state index < -0.39 is 0 Å². The number of hydrogen-bond donors (Lipinski definition) is 2. The zero-order valence-electron chi connectivity index (χ0n) is 12.5. The molecule has 1 atom stereocenters. The van der Waals surface area contributed by atoms with E-state index in [4.69, 9.17) is 0 Å². The number of nitrogens with one attached hydrogen (secondary N) is 2. The summed E-state index contributed by atoms with van der Waals surface area (Å²) in [5, 5.41) is 4.84. The summed E-state index contributed by atoms with van der Waals surface area (Å²) in [6.07, 6.45) is 4.52. The van der Waals surface area contributed by atoms with Crippen molar-refractivity contribution in [2.24, 2.45) is 0 Å². The first kappa shape index (κ1) is 18.3. The highest BCUT2D eigenvalue weighted by Crippen LogP contribution is 2.31. The van der Waals surface area contributed by atoms with Gasteiger partial charge in [-0.3, -0.25) is 4.90 Å². The Labute approximate surface area is 139 Å². The fourth-order valence-electron chi connectivity index (χ4n) is 3.20. The van der Waals surface area contributed by atoms with E-state index in [1.807, 2.05) is 0 Å². The summed E-state index contributed by atoms with van der Waals surface area (Å²) in [4.78, 5) is 5.97. The molecule has 2 heterocycles. The van der Waals surface area contributed by atoms with Gasteiger partial charge in [0.1, 0.15) is 0 Å². The molecule has 21 heavy (non-hydrogen) atoms. The van der Waals surface area contributed by atoms with Gasteiger partial charge in [0.2, 0.25) is 0 Å². The average molecular weight is 330 g/mol. The van der Waals surface area contributed by atoms with Crippen LogP contribution in [-0.2, 0) is 0 Å². The molecule has 3 rings (SSSR count). The monoisotopic (exact) mass is 329 g/mol. The van der Waals surface area contributed by atoms with Crippen LogP contribution in [0, 0.1) is 0 Å². The van der Waals surface area contributed by atoms with E-state index in [0.717, 1.165) is 26.2 Å². The van der Waals surface area contributed by atoms with Crippen LogP contribution in [0.1, 0.15) is 31.4 Å². The molecule has 5 heteroatoms. The second kappa shape index (κ2) is 8.64. The molecular formula is C16H25Cl2N3. The third kappa shape index (κ3) is 3.92. The first-order valence-electron chi connectivity index (χ1n) is 7.41. The molecule has 1 aromatic heterocycles. The highest BCUT2D eigenvalue weighted by atomic mass is 35.5. The van der Waals surface area contributed by atoms with Crippen molar-refractivity contribution in [1.29, 1.82) is 0 Å². The average Bonchev–Trinajstić information content (AvgIpc) is 2.94. The van der Waals surface area contributed by atoms with Crippen molar-refractivity contribution in [2.45, 2.75) is 25.8 Å². The Hall–Kier alpha value is -0.740. The van der Waals surface area contributed by atoms with Crippen molar-refractivity contribution >= 4 is 35.7 Å². The van der Waals surface area contributed by atoms with Crippen LogP contribution in [0.15, 0.2) is 30.5 Å². The minimum absolute atomic E-state index is 0. The molecule has 2 N–H and O–H groups in total. The molecule has 0 saturated carbocycles. The summed E-state index contributed by atoms with van der Waals surface area (Å²) in [5.74, 6) is 0. The number of rotatable bonds is 4. The normalized spacial score (nSPS) is 17.0. The number of H-pyrrole nitrogens is 1. The van der Waals surface area contributed by atoms with E-state index in [0.29, 0.717) is 6.04 Å². The molecule has 0 spiro atoms. The number of halogens is 2. The number of nitrogens with zero attached hydrogens (tertiary/aromatic N) is 1. The maximum absolute atomic E-state index is 3.45. The van der Waals surface area contributed by atoms with Gasteiger partial charge in [0.15, 0.2) is 0 Å². The van der Waals surface area contributed by atoms with Gasteiger partial charge in [-0.05, 0) is 24.1 Å². The predicted molar refractivity (Wildman–Crippen MR) is 94.9 cm³/mol. The molecule has 1 aliphatic rings. The Balaban J connectivity index is 0.00000110. The Morgan fingerprint density at radius 1 is 1.14 bits per heavy atom. The maximum Gasteiger partial charge on any atom is 0.0457 e. The van der Waals surface area contributed by atoms with Gasteiger partial charge in [-0.15, -0.1) is 24.8 Å². The topological polar surface area (TPSA) is 31.1 Å². The third-order valence-corrected chi connectivity index (χ3v) is 4.14. The van der Waals surface area contributed by atoms with Gasteiger partial charge >= 0.3 is 0 Å². The second-order valence-corrected chi connectivity index (χ2v) is 5.38. The van der Waals surface area contributed by atoms with E-state index in [1.165, 1.54) is 29.3 Å². The lowest BCUT2D eigenvalue weighted by Crippen LogP contribution is -2.45. The maximum atomic E-state index is 3.45. The zero-order chi connectivity index (χ0) is 13.1. The number of aromatic nitrogens is 1. The summed E-state index contributed by atoms with van der Waals surface area (Å²) in [6.45, 7) is 6.83. The van der Waals surface area contributed by atoms with Crippen LogP contribution in [0.3, 0.4) is 0 Å². The molecule has 0 aliphatic carbocycles. The van der Waals surface area contributed by atoms with Gasteiger partial charge < -0.3 is 10.3 Å². The lowest BCUT2D eigenvalue weighted by molar-refractivity contribution is 0.165. The van der Waals surface area contributed by atoms with Gasteiger partial charge in [0.25, 0.3) is 0 Å². The molecular weight excluding hydrogens is 305 g/mol. The molecule has 1 aromatic carbocycles. The summed E-state index contributed by atoms with van der Waals surface area (Å²) in [7, 11) is 0. The molecule has 0 bridgehead atoms. The van der Waals surface area contributed by atoms with E-state index in [1.54, 1.807) is 0 Å². The minimum Gasteiger partial charge on any atom is -0.361 e. The fourth-order valence-corrected chi connectivity index (χ4v) is 3.20. The molecule has 0 amide bonds. The van der Waals surface area contributed by atoms with E-state index in [9.17, 15) is 0 Å². The summed E-state index contributed by atoms with van der Waals surface area (Å²) in [5.41, 5.74) is 2.75. The van der Waals surface area contributed by atoms with Crippen LogP contribution >= 0.6 is 24.8 Å². The van der Waals surface area contributed by atoms with Crippen LogP contribution < -0.4 is 5.32 Å². The summed E-state index contributed by atoms with van der Waals surface area (Å²) >= 11 is 0. The number of fused-ring (bicyclic) bond motifs is 1. The Morgan fingerprint density at radius 3 is 2.62 bits per heavy atom. The van der Waals surface area contributed by atoms with E-state index in [2.05, 4.69) is 52.6 Å². The Morgan fingerprint density at radius 2 is 1.90 bits per heavy atom. The lowest BCUT2D eigenvalue weighted by Gasteiger charge is -2.35. The van der Waals surface area contributed by atoms with Crippen LogP contribution in [0.25, 0.3) is 10.9 Å². The van der Waals surface area contributed by atoms with E-state index in [-0.39, 0.29) is 24.8 Å². The number of hydrogen-bond acceptors (Lipinski definition) is 2. The van der Waals surface area contributed by atoms with Crippen LogP contribution in [0.5, 0.6) is 0 Å². The SMILES string of the molecule is CCC[C@@H](c1cccc2[nH]ccc12)N1CCNCC1.Cl.Cl. The minimum atomic E-state index is 0. The van der Waals surface area contributed by atoms with Gasteiger partial charge in [0, 0.05) is 49.3 Å². The highest BCUT2D eigenvalue weighted by Gasteiger charge is 2.22. The third-order valence-electron chi connectivity index (χ3n) is 4.14. The summed E-state index contributed by atoms with van der Waals surface area (Å²) in [6, 6.07) is 9.43. The first-order valence-corrected chi connectivity index (χ1v) is 7.41. The number of aromatic amines is 1. The fraction of sp³-hybridized carbons (Fsp3) is 0.500. The standard InChI is InChI=1S/C16H23N3.2ClH/c1-2-4-16(19-11-9-17-10-12-19)14-5-3-6-15-13(14)7-8-18-15;;/h3,5-8,16-18H,2,4,9-12H2,1H3;2*1H/t16-;;/m0../s1. The Bertz CT molecular complexity index is 535. The predicted octanol–water partition coefficient (Wildman–Crippen LogP) is 3.76. The molecule has 118 valence electrons. The zero-order valence-corrected chi connectivity index (χ0v) is 14.1. The van der Waals surface area contributed by atoms with Crippen molar-refractivity contribution < 1.29 is 0 Å². The number of benzene rings is 1. The van der Waals surface area contributed by atoms with Crippen molar-refractivity contribution in [3.05, 3.63) is 36.0 Å². The molecule has 1 aliphatic heterocycles. The molecule has 2 aromatic rings. The van der Waals surface area contributed by atoms with Gasteiger partial charge in [-0.2, -0.15) is 0 Å². The smallest absolute Gasteiger partial charge is 0.0457 e. The van der Waals surface area contributed by atoms with Gasteiger partial charge in [0.05, 0.1) is 0 Å². The first-order chi connectivity index (χ1) is 9.40. The van der Waals surface area contributed by atoms with Crippen molar-refractivity contribution in [3.8, 4) is 0 Å². The molecule has 1 saturated heterocycles. The van der Waals surface area contributed by atoms with Crippen LogP contribution in [0.2, 0.25) is 0 Å². The van der Waals surface area contributed by atoms with Crippen LogP contribution in [-0.4, -0.2) is 36.1 Å². The summed E-state index contributed by atoms with van der Waals surface area (Å²) < 4.78 is 0. The van der Waals surface area contributed by atoms with Gasteiger partial charge in [-0.25, -0.2) is 0 Å². The van der Waals surface area contributed by atoms with Crippen molar-refractivity contribution in [2.75, 3.05) is 26.2 Å². The lowest BCUT2D eigenvalue weighted by atomic mass is 9.96. The Kier molecular flexibility index (Phi) is 7.53. The molecule has 0 radical (unpaired) electrons. The largest absolute Gasteiger partial charge is 0.361 e. The quantitative estimate of drug-likeness (QED) is 0.894.